The standard InChI is InChI=1S/C24H23F2N/c1-14-9-15(2)11-19(10-14)23-20-13-17(7-8-24(4,25)26)12-18-6-5-16(3)22(27-23)21(18)20/h5-6,9-13H,7-8H2,1-4H3. The average Bonchev–Trinajstić information content (AvgIpc) is 2.96. The summed E-state index contributed by atoms with van der Waals surface area (Å²) in [6.07, 6.45) is 0.211. The molecule has 0 bridgehead atoms. The van der Waals surface area contributed by atoms with Crippen LogP contribution >= 0.6 is 0 Å². The lowest BCUT2D eigenvalue weighted by atomic mass is 9.92. The van der Waals surface area contributed by atoms with Gasteiger partial charge in [0, 0.05) is 22.9 Å². The third-order valence-electron chi connectivity index (χ3n) is 5.18. The highest BCUT2D eigenvalue weighted by Gasteiger charge is 2.24. The Morgan fingerprint density at radius 3 is 2.30 bits per heavy atom. The predicted molar refractivity (Wildman–Crippen MR) is 109 cm³/mol. The van der Waals surface area contributed by atoms with Crippen LogP contribution < -0.4 is 0 Å². The molecule has 1 nitrogen and oxygen atoms in total. The van der Waals surface area contributed by atoms with Gasteiger partial charge in [-0.15, -0.1) is 0 Å². The number of hydrogen-bond donors (Lipinski definition) is 0. The first-order valence-electron chi connectivity index (χ1n) is 9.33. The summed E-state index contributed by atoms with van der Waals surface area (Å²) in [5.41, 5.74) is 8.55. The molecule has 0 aromatic heterocycles. The molecule has 0 aliphatic carbocycles. The van der Waals surface area contributed by atoms with E-state index in [9.17, 15) is 8.78 Å². The molecule has 0 atom stereocenters. The van der Waals surface area contributed by atoms with E-state index in [1.54, 1.807) is 0 Å². The molecule has 0 N–H and O–H groups in total. The van der Waals surface area contributed by atoms with Crippen LogP contribution in [0.15, 0.2) is 47.5 Å². The molecule has 1 heterocycles. The number of aliphatic imine (C=N–C) groups is 1. The number of hydrogen-bond acceptors (Lipinski definition) is 1. The van der Waals surface area contributed by atoms with Crippen LogP contribution in [-0.2, 0) is 6.42 Å². The van der Waals surface area contributed by atoms with Crippen LogP contribution in [0.2, 0.25) is 0 Å². The summed E-state index contributed by atoms with van der Waals surface area (Å²) in [4.78, 5) is 4.97. The summed E-state index contributed by atoms with van der Waals surface area (Å²) in [6, 6.07) is 14.7. The molecule has 4 rings (SSSR count). The van der Waals surface area contributed by atoms with Crippen molar-refractivity contribution in [2.75, 3.05) is 0 Å². The van der Waals surface area contributed by atoms with Gasteiger partial charge in [-0.3, -0.25) is 0 Å². The van der Waals surface area contributed by atoms with Crippen LogP contribution in [0, 0.1) is 20.8 Å². The predicted octanol–water partition coefficient (Wildman–Crippen LogP) is 6.84. The molecule has 0 saturated carbocycles. The second-order valence-electron chi connectivity index (χ2n) is 7.88. The Kier molecular flexibility index (Phi) is 4.14. The normalized spacial score (nSPS) is 13.3. The van der Waals surface area contributed by atoms with Gasteiger partial charge in [0.15, 0.2) is 0 Å². The van der Waals surface area contributed by atoms with Crippen LogP contribution in [-0.4, -0.2) is 11.6 Å². The molecular weight excluding hydrogens is 340 g/mol. The number of aryl methyl sites for hydroxylation is 4. The van der Waals surface area contributed by atoms with Gasteiger partial charge < -0.3 is 0 Å². The summed E-state index contributed by atoms with van der Waals surface area (Å²) in [7, 11) is 0. The zero-order valence-electron chi connectivity index (χ0n) is 16.2. The van der Waals surface area contributed by atoms with Crippen molar-refractivity contribution in [3.05, 3.63) is 75.8 Å². The minimum absolute atomic E-state index is 0.146. The highest BCUT2D eigenvalue weighted by atomic mass is 19.3. The Hall–Kier alpha value is -2.55. The van der Waals surface area contributed by atoms with Crippen LogP contribution in [0.5, 0.6) is 0 Å². The lowest BCUT2D eigenvalue weighted by Gasteiger charge is -2.13. The number of alkyl halides is 2. The zero-order valence-corrected chi connectivity index (χ0v) is 16.2. The largest absolute Gasteiger partial charge is 0.247 e. The van der Waals surface area contributed by atoms with E-state index < -0.39 is 5.92 Å². The van der Waals surface area contributed by atoms with E-state index in [-0.39, 0.29) is 6.42 Å². The lowest BCUT2D eigenvalue weighted by molar-refractivity contribution is 0.0133. The molecule has 0 unspecified atom stereocenters. The van der Waals surface area contributed by atoms with Crippen molar-refractivity contribution in [3.63, 3.8) is 0 Å². The third-order valence-corrected chi connectivity index (χ3v) is 5.18. The van der Waals surface area contributed by atoms with Crippen molar-refractivity contribution in [1.82, 2.24) is 0 Å². The second-order valence-corrected chi connectivity index (χ2v) is 7.88. The van der Waals surface area contributed by atoms with Gasteiger partial charge >= 0.3 is 0 Å². The van der Waals surface area contributed by atoms with Gasteiger partial charge in [-0.2, -0.15) is 0 Å². The highest BCUT2D eigenvalue weighted by Crippen LogP contribution is 2.41. The van der Waals surface area contributed by atoms with E-state index in [1.807, 2.05) is 6.07 Å². The van der Waals surface area contributed by atoms with E-state index in [4.69, 9.17) is 4.99 Å². The van der Waals surface area contributed by atoms with Crippen molar-refractivity contribution < 1.29 is 8.78 Å². The first-order valence-corrected chi connectivity index (χ1v) is 9.33. The van der Waals surface area contributed by atoms with Crippen molar-refractivity contribution in [2.24, 2.45) is 4.99 Å². The van der Waals surface area contributed by atoms with Crippen LogP contribution in [0.25, 0.3) is 10.8 Å². The molecule has 3 aromatic carbocycles. The van der Waals surface area contributed by atoms with Crippen molar-refractivity contribution in [2.45, 2.75) is 46.5 Å². The SMILES string of the molecule is Cc1cc(C)cc(C2=Nc3c(C)ccc4cc(CCC(C)(F)F)cc2c34)c1. The summed E-state index contributed by atoms with van der Waals surface area (Å²) in [6.45, 7) is 7.22. The molecule has 3 heteroatoms. The zero-order chi connectivity index (χ0) is 19.3. The fourth-order valence-electron chi connectivity index (χ4n) is 3.96. The van der Waals surface area contributed by atoms with Crippen molar-refractivity contribution >= 4 is 22.2 Å². The molecule has 0 radical (unpaired) electrons. The molecule has 1 aliphatic heterocycles. The summed E-state index contributed by atoms with van der Waals surface area (Å²) >= 11 is 0. The summed E-state index contributed by atoms with van der Waals surface area (Å²) in [5.74, 6) is -2.65. The smallest absolute Gasteiger partial charge is 0.245 e. The number of benzene rings is 3. The molecule has 0 fully saturated rings. The van der Waals surface area contributed by atoms with E-state index in [0.29, 0.717) is 6.42 Å². The van der Waals surface area contributed by atoms with Gasteiger partial charge in [-0.1, -0.05) is 35.4 Å². The summed E-state index contributed by atoms with van der Waals surface area (Å²) in [5, 5.41) is 2.21. The van der Waals surface area contributed by atoms with Gasteiger partial charge in [0.05, 0.1) is 11.4 Å². The first kappa shape index (κ1) is 17.8. The maximum atomic E-state index is 13.4. The molecule has 1 aliphatic rings. The lowest BCUT2D eigenvalue weighted by Crippen LogP contribution is -2.11. The Labute approximate surface area is 158 Å². The fraction of sp³-hybridized carbons (Fsp3) is 0.292. The number of nitrogens with zero attached hydrogens (tertiary/aromatic N) is 1. The molecule has 27 heavy (non-hydrogen) atoms. The Bertz CT molecular complexity index is 1070. The Balaban J connectivity index is 1.88. The molecule has 0 saturated heterocycles. The van der Waals surface area contributed by atoms with Crippen LogP contribution in [0.4, 0.5) is 14.5 Å². The van der Waals surface area contributed by atoms with E-state index in [0.717, 1.165) is 51.3 Å². The summed E-state index contributed by atoms with van der Waals surface area (Å²) < 4.78 is 26.7. The molecule has 3 aromatic rings. The van der Waals surface area contributed by atoms with Crippen LogP contribution in [0.1, 0.15) is 46.7 Å². The first-order chi connectivity index (χ1) is 12.7. The van der Waals surface area contributed by atoms with Gasteiger partial charge in [-0.05, 0) is 68.8 Å². The minimum atomic E-state index is -2.65. The number of rotatable bonds is 4. The topological polar surface area (TPSA) is 12.4 Å². The monoisotopic (exact) mass is 363 g/mol. The van der Waals surface area contributed by atoms with Gasteiger partial charge in [0.2, 0.25) is 5.92 Å². The van der Waals surface area contributed by atoms with Gasteiger partial charge in [-0.25, -0.2) is 13.8 Å². The molecule has 0 amide bonds. The second kappa shape index (κ2) is 6.26. The van der Waals surface area contributed by atoms with Crippen molar-refractivity contribution in [3.8, 4) is 0 Å². The van der Waals surface area contributed by atoms with Gasteiger partial charge in [0.25, 0.3) is 0 Å². The van der Waals surface area contributed by atoms with Gasteiger partial charge in [0.1, 0.15) is 0 Å². The molecule has 138 valence electrons. The maximum absolute atomic E-state index is 13.4. The van der Waals surface area contributed by atoms with E-state index >= 15 is 0 Å². The quantitative estimate of drug-likeness (QED) is 0.376. The van der Waals surface area contributed by atoms with E-state index in [1.165, 1.54) is 11.1 Å². The fourth-order valence-corrected chi connectivity index (χ4v) is 3.96. The minimum Gasteiger partial charge on any atom is -0.247 e. The van der Waals surface area contributed by atoms with Crippen LogP contribution in [0.3, 0.4) is 0 Å². The molecular formula is C24H23F2N. The number of halogens is 2. The van der Waals surface area contributed by atoms with Crippen molar-refractivity contribution in [1.29, 1.82) is 0 Å². The third kappa shape index (κ3) is 3.39. The highest BCUT2D eigenvalue weighted by molar-refractivity contribution is 6.26. The Morgan fingerprint density at radius 2 is 1.63 bits per heavy atom. The maximum Gasteiger partial charge on any atom is 0.245 e. The average molecular weight is 363 g/mol. The molecule has 0 spiro atoms. The van der Waals surface area contributed by atoms with E-state index in [2.05, 4.69) is 57.2 Å². The Morgan fingerprint density at radius 1 is 0.926 bits per heavy atom.